The van der Waals surface area contributed by atoms with Crippen molar-refractivity contribution >= 4 is 60.2 Å². The number of esters is 6. The van der Waals surface area contributed by atoms with Crippen molar-refractivity contribution < 1.29 is 110 Å². The van der Waals surface area contributed by atoms with Crippen molar-refractivity contribution in [2.75, 3.05) is 26.9 Å². The van der Waals surface area contributed by atoms with E-state index in [9.17, 15) is 43.5 Å². The van der Waals surface area contributed by atoms with Gasteiger partial charge < -0.3 is 78.3 Å². The Morgan fingerprint density at radius 2 is 0.670 bits per heavy atom. The molecule has 26 nitrogen and oxygen atoms in total. The molecule has 8 aromatic rings. The fraction of sp³-hybridized carbons (Fsp3) is 0.247. The smallest absolute Gasteiger partial charge is 0.338 e. The Kier molecular flexibility index (Phi) is 24.6. The zero-order chi connectivity index (χ0) is 72.4. The average molecular weight is 1400 g/mol. The summed E-state index contributed by atoms with van der Waals surface area (Å²) >= 11 is 0. The third-order valence-electron chi connectivity index (χ3n) is 17.0. The molecular formula is C77H69N3O23. The molecule has 530 valence electrons. The number of nitrogens with one attached hydrogen (secondary N) is 2. The lowest BCUT2D eigenvalue weighted by atomic mass is 9.92. The highest BCUT2D eigenvalue weighted by molar-refractivity contribution is 6.02. The van der Waals surface area contributed by atoms with Gasteiger partial charge in [-0.2, -0.15) is 0 Å². The number of benzene rings is 8. The largest absolute Gasteiger partial charge is 0.459 e. The van der Waals surface area contributed by atoms with Crippen molar-refractivity contribution in [3.63, 3.8) is 0 Å². The van der Waals surface area contributed by atoms with Crippen LogP contribution >= 0.6 is 0 Å². The van der Waals surface area contributed by atoms with E-state index in [0.29, 0.717) is 12.6 Å². The lowest BCUT2D eigenvalue weighted by molar-refractivity contribution is -0.350. The molecule has 0 bridgehead atoms. The standard InChI is InChI=1S/C77H69N3O23/c1-92-75-58(78)64(99-72(89)48-30-14-5-15-31-48)62(56(97-75)43-94-70(87)46-26-10-3-11-27-46)102-77-60(80-68(85)54-39-23-21-37-52(54)41-82)66(101-74(91)50-34-18-7-19-35-50)63(57(98-77)44-95-71(88)47-28-12-4-13-29-47)103-76-59(79-67(84)53-38-22-20-36-51(53)40-81)65(100-73(90)49-32-16-6-17-33-49)61(83)55(96-76)42-93-69(86)45-24-8-2-9-25-45/h2-41,55-66,75-77,83H,42-44,78H2,1H3,(H,79,84)(H,80,85). The number of hydrogen-bond acceptors (Lipinski definition) is 24. The van der Waals surface area contributed by atoms with Crippen LogP contribution in [0.5, 0.6) is 0 Å². The molecule has 15 atom stereocenters. The number of aliphatic hydroxyl groups excluding tert-OH is 1. The van der Waals surface area contributed by atoms with Crippen LogP contribution in [0.2, 0.25) is 0 Å². The van der Waals surface area contributed by atoms with Gasteiger partial charge in [-0.05, 0) is 84.9 Å². The quantitative estimate of drug-likeness (QED) is 0.0248. The molecule has 0 radical (unpaired) electrons. The molecule has 3 saturated heterocycles. The van der Waals surface area contributed by atoms with Gasteiger partial charge in [0.05, 0.1) is 39.4 Å². The van der Waals surface area contributed by atoms with Crippen LogP contribution in [0.25, 0.3) is 0 Å². The third kappa shape index (κ3) is 17.8. The average Bonchev–Trinajstić information content (AvgIpc) is 0.757. The fourth-order valence-corrected chi connectivity index (χ4v) is 11.8. The molecule has 3 aliphatic rings. The molecule has 15 unspecified atom stereocenters. The Bertz CT molecular complexity index is 4260. The number of rotatable bonds is 26. The van der Waals surface area contributed by atoms with Crippen LogP contribution in [0.1, 0.15) is 104 Å². The molecule has 11 rings (SSSR count). The normalized spacial score (nSPS) is 24.3. The number of nitrogens with two attached hydrogens (primary N) is 1. The van der Waals surface area contributed by atoms with Crippen LogP contribution in [0.3, 0.4) is 0 Å². The first-order valence-electron chi connectivity index (χ1n) is 32.5. The highest BCUT2D eigenvalue weighted by Crippen LogP contribution is 2.37. The number of amides is 2. The number of aldehydes is 2. The second kappa shape index (κ2) is 34.7. The molecule has 2 amide bonds. The van der Waals surface area contributed by atoms with Crippen LogP contribution in [-0.2, 0) is 56.8 Å². The van der Waals surface area contributed by atoms with Gasteiger partial charge in [-0.15, -0.1) is 0 Å². The van der Waals surface area contributed by atoms with E-state index < -0.39 is 159 Å². The van der Waals surface area contributed by atoms with E-state index in [2.05, 4.69) is 10.6 Å². The number of carbonyl (C=O) groups excluding carboxylic acids is 10. The van der Waals surface area contributed by atoms with Gasteiger partial charge in [-0.1, -0.05) is 146 Å². The highest BCUT2D eigenvalue weighted by atomic mass is 16.8. The van der Waals surface area contributed by atoms with E-state index in [1.54, 1.807) is 84.9 Å². The monoisotopic (exact) mass is 1400 g/mol. The molecule has 103 heavy (non-hydrogen) atoms. The lowest BCUT2D eigenvalue weighted by Gasteiger charge is -2.51. The summed E-state index contributed by atoms with van der Waals surface area (Å²) in [5.74, 6) is -7.95. The van der Waals surface area contributed by atoms with Crippen LogP contribution in [-0.4, -0.2) is 184 Å². The lowest BCUT2D eigenvalue weighted by Crippen LogP contribution is -2.72. The summed E-state index contributed by atoms with van der Waals surface area (Å²) in [6, 6.07) is 51.6. The van der Waals surface area contributed by atoms with Crippen molar-refractivity contribution in [3.05, 3.63) is 286 Å². The van der Waals surface area contributed by atoms with Crippen molar-refractivity contribution in [1.82, 2.24) is 10.6 Å². The van der Waals surface area contributed by atoms with Crippen LogP contribution in [0.4, 0.5) is 0 Å². The first kappa shape index (κ1) is 72.8. The summed E-state index contributed by atoms with van der Waals surface area (Å²) < 4.78 is 76.7. The van der Waals surface area contributed by atoms with Gasteiger partial charge in [0.2, 0.25) is 0 Å². The summed E-state index contributed by atoms with van der Waals surface area (Å²) in [7, 11) is 1.25. The van der Waals surface area contributed by atoms with E-state index >= 15 is 9.59 Å². The second-order valence-corrected chi connectivity index (χ2v) is 23.6. The maximum atomic E-state index is 15.4. The van der Waals surface area contributed by atoms with Gasteiger partial charge in [0.25, 0.3) is 11.8 Å². The van der Waals surface area contributed by atoms with Crippen LogP contribution in [0.15, 0.2) is 231 Å². The first-order valence-corrected chi connectivity index (χ1v) is 32.5. The number of carbonyl (C=O) groups is 10. The summed E-state index contributed by atoms with van der Waals surface area (Å²) in [6.07, 6.45) is -21.9. The minimum atomic E-state index is -2.17. The highest BCUT2D eigenvalue weighted by Gasteiger charge is 2.58. The SMILES string of the molecule is COC1OC(COC(=O)c2ccccc2)C(OC2OC(COC(=O)c3ccccc3)C(OC3OC(COC(=O)c4ccccc4)C(O)C(OC(=O)c4ccccc4)C3NC(=O)c3ccccc3C=O)C(OC(=O)c3ccccc3)C2NC(=O)c2ccccc2C=O)C(OC(=O)c2ccccc2)C1N. The predicted octanol–water partition coefficient (Wildman–Crippen LogP) is 6.74. The fourth-order valence-electron chi connectivity index (χ4n) is 11.8. The Labute approximate surface area is 589 Å². The van der Waals surface area contributed by atoms with Crippen LogP contribution < -0.4 is 16.4 Å². The Morgan fingerprint density at radius 3 is 1.04 bits per heavy atom. The Hall–Kier alpha value is -11.5. The van der Waals surface area contributed by atoms with Gasteiger partial charge >= 0.3 is 35.8 Å². The van der Waals surface area contributed by atoms with E-state index in [-0.39, 0.29) is 55.6 Å². The summed E-state index contributed by atoms with van der Waals surface area (Å²) in [5, 5.41) is 18.2. The molecule has 3 heterocycles. The third-order valence-corrected chi connectivity index (χ3v) is 17.0. The van der Waals surface area contributed by atoms with Crippen molar-refractivity contribution in [3.8, 4) is 0 Å². The molecule has 5 N–H and O–H groups in total. The van der Waals surface area contributed by atoms with Crippen molar-refractivity contribution in [2.24, 2.45) is 5.73 Å². The molecule has 3 aliphatic heterocycles. The predicted molar refractivity (Wildman–Crippen MR) is 360 cm³/mol. The van der Waals surface area contributed by atoms with E-state index in [4.69, 9.17) is 62.6 Å². The summed E-state index contributed by atoms with van der Waals surface area (Å²) in [6.45, 7) is -2.45. The van der Waals surface area contributed by atoms with Gasteiger partial charge in [0, 0.05) is 29.4 Å². The van der Waals surface area contributed by atoms with Gasteiger partial charge in [-0.3, -0.25) is 19.2 Å². The second-order valence-electron chi connectivity index (χ2n) is 23.6. The molecule has 0 spiro atoms. The Balaban J connectivity index is 1.09. The number of ether oxygens (including phenoxy) is 12. The topological polar surface area (TPSA) is 352 Å². The number of aliphatic hydroxyl groups is 1. The minimum absolute atomic E-state index is 0.0190. The van der Waals surface area contributed by atoms with Crippen LogP contribution in [0, 0.1) is 0 Å². The molecule has 0 saturated carbocycles. The summed E-state index contributed by atoms with van der Waals surface area (Å²) in [4.78, 5) is 142. The molecule has 26 heteroatoms. The van der Waals surface area contributed by atoms with Gasteiger partial charge in [-0.25, -0.2) is 28.8 Å². The number of hydrogen-bond donors (Lipinski definition) is 4. The van der Waals surface area contributed by atoms with E-state index in [1.165, 1.54) is 153 Å². The van der Waals surface area contributed by atoms with E-state index in [1.807, 2.05) is 0 Å². The number of methoxy groups -OCH3 is 1. The van der Waals surface area contributed by atoms with Crippen molar-refractivity contribution in [2.45, 2.75) is 91.9 Å². The maximum Gasteiger partial charge on any atom is 0.338 e. The molecule has 0 aromatic heterocycles. The minimum Gasteiger partial charge on any atom is -0.459 e. The van der Waals surface area contributed by atoms with Crippen molar-refractivity contribution in [1.29, 1.82) is 0 Å². The summed E-state index contributed by atoms with van der Waals surface area (Å²) in [5.41, 5.74) is 6.28. The Morgan fingerprint density at radius 1 is 0.379 bits per heavy atom. The zero-order valence-electron chi connectivity index (χ0n) is 54.9. The zero-order valence-corrected chi connectivity index (χ0v) is 54.9. The molecular weight excluding hydrogens is 1330 g/mol. The van der Waals surface area contributed by atoms with Gasteiger partial charge in [0.15, 0.2) is 49.8 Å². The molecule has 8 aromatic carbocycles. The first-order chi connectivity index (χ1) is 50.1. The molecule has 0 aliphatic carbocycles. The van der Waals surface area contributed by atoms with E-state index in [0.717, 1.165) is 0 Å². The maximum absolute atomic E-state index is 15.4. The molecule has 3 fully saturated rings. The van der Waals surface area contributed by atoms with Gasteiger partial charge in [0.1, 0.15) is 68.5 Å².